The van der Waals surface area contributed by atoms with Crippen LogP contribution >= 0.6 is 11.8 Å². The van der Waals surface area contributed by atoms with Crippen LogP contribution < -0.4 is 19.5 Å². The zero-order chi connectivity index (χ0) is 19.3. The van der Waals surface area contributed by atoms with E-state index in [-0.39, 0.29) is 25.1 Å². The molecule has 0 saturated heterocycles. The lowest BCUT2D eigenvalue weighted by molar-refractivity contribution is -0.113. The summed E-state index contributed by atoms with van der Waals surface area (Å²) >= 11 is 1.15. The standard InChI is InChI=1S/C19H17N3O5S/c1-12-3-2-4-14(7-12)24-9-18-21-22-19(27-18)28-10-17(23)20-13-5-6-15-16(8-13)26-11-25-15/h2-8H,9-11H2,1H3,(H,20,23). The Bertz CT molecular complexity index is 991. The number of aromatic nitrogens is 2. The van der Waals surface area contributed by atoms with Crippen molar-refractivity contribution >= 4 is 23.4 Å². The number of nitrogens with one attached hydrogen (secondary N) is 1. The lowest BCUT2D eigenvalue weighted by Crippen LogP contribution is -2.13. The predicted molar refractivity (Wildman–Crippen MR) is 102 cm³/mol. The molecular formula is C19H17N3O5S. The van der Waals surface area contributed by atoms with Crippen molar-refractivity contribution in [3.05, 3.63) is 53.9 Å². The van der Waals surface area contributed by atoms with Gasteiger partial charge in [-0.05, 0) is 36.8 Å². The molecule has 9 heteroatoms. The number of hydrogen-bond donors (Lipinski definition) is 1. The van der Waals surface area contributed by atoms with Gasteiger partial charge in [0.1, 0.15) is 5.75 Å². The van der Waals surface area contributed by atoms with E-state index in [1.165, 1.54) is 0 Å². The van der Waals surface area contributed by atoms with Crippen molar-refractivity contribution in [3.8, 4) is 17.2 Å². The van der Waals surface area contributed by atoms with Gasteiger partial charge >= 0.3 is 0 Å². The Morgan fingerprint density at radius 3 is 2.96 bits per heavy atom. The van der Waals surface area contributed by atoms with Crippen LogP contribution in [0.4, 0.5) is 5.69 Å². The van der Waals surface area contributed by atoms with Crippen LogP contribution in [0.15, 0.2) is 52.1 Å². The van der Waals surface area contributed by atoms with Crippen molar-refractivity contribution < 1.29 is 23.4 Å². The van der Waals surface area contributed by atoms with Gasteiger partial charge in [-0.1, -0.05) is 23.9 Å². The van der Waals surface area contributed by atoms with E-state index in [1.54, 1.807) is 18.2 Å². The summed E-state index contributed by atoms with van der Waals surface area (Å²) in [5.74, 6) is 2.30. The molecule has 0 spiro atoms. The number of carbonyl (C=O) groups excluding carboxylic acids is 1. The molecule has 1 aromatic heterocycles. The number of thioether (sulfide) groups is 1. The summed E-state index contributed by atoms with van der Waals surface area (Å²) in [6, 6.07) is 12.9. The fourth-order valence-corrected chi connectivity index (χ4v) is 3.08. The number of anilines is 1. The number of benzene rings is 2. The lowest BCUT2D eigenvalue weighted by atomic mass is 10.2. The molecule has 1 N–H and O–H groups in total. The molecule has 0 fully saturated rings. The second-order valence-corrected chi connectivity index (χ2v) is 6.90. The Labute approximate surface area is 165 Å². The SMILES string of the molecule is Cc1cccc(OCc2nnc(SCC(=O)Nc3ccc4c(c3)OCO4)o2)c1. The Morgan fingerprint density at radius 2 is 2.07 bits per heavy atom. The summed E-state index contributed by atoms with van der Waals surface area (Å²) < 4.78 is 21.6. The summed E-state index contributed by atoms with van der Waals surface area (Å²) in [7, 11) is 0. The second-order valence-electron chi connectivity index (χ2n) is 5.97. The molecule has 4 rings (SSSR count). The van der Waals surface area contributed by atoms with E-state index in [4.69, 9.17) is 18.6 Å². The Kier molecular flexibility index (Phi) is 5.34. The minimum atomic E-state index is -0.195. The maximum Gasteiger partial charge on any atom is 0.277 e. The Morgan fingerprint density at radius 1 is 1.18 bits per heavy atom. The smallest absolute Gasteiger partial charge is 0.277 e. The zero-order valence-corrected chi connectivity index (χ0v) is 15.8. The third kappa shape index (κ3) is 4.55. The third-order valence-electron chi connectivity index (χ3n) is 3.78. The number of hydrogen-bond acceptors (Lipinski definition) is 8. The summed E-state index contributed by atoms with van der Waals surface area (Å²) in [5.41, 5.74) is 1.74. The van der Waals surface area contributed by atoms with Gasteiger partial charge < -0.3 is 23.9 Å². The summed E-state index contributed by atoms with van der Waals surface area (Å²) in [6.07, 6.45) is 0. The van der Waals surface area contributed by atoms with Gasteiger partial charge in [-0.2, -0.15) is 0 Å². The van der Waals surface area contributed by atoms with Gasteiger partial charge in [0.25, 0.3) is 11.1 Å². The van der Waals surface area contributed by atoms with E-state index < -0.39 is 0 Å². The molecule has 3 aromatic rings. The van der Waals surface area contributed by atoms with Crippen LogP contribution in [0.3, 0.4) is 0 Å². The van der Waals surface area contributed by atoms with E-state index in [0.717, 1.165) is 23.1 Å². The summed E-state index contributed by atoms with van der Waals surface area (Å²) in [6.45, 7) is 2.35. The van der Waals surface area contributed by atoms with Crippen molar-refractivity contribution in [3.63, 3.8) is 0 Å². The van der Waals surface area contributed by atoms with Crippen LogP contribution in [0.2, 0.25) is 0 Å². The first-order chi connectivity index (χ1) is 13.7. The minimum absolute atomic E-state index is 0.134. The minimum Gasteiger partial charge on any atom is -0.484 e. The molecule has 2 aromatic carbocycles. The van der Waals surface area contributed by atoms with Gasteiger partial charge in [-0.15, -0.1) is 10.2 Å². The van der Waals surface area contributed by atoms with Gasteiger partial charge in [-0.3, -0.25) is 4.79 Å². The second kappa shape index (κ2) is 8.22. The number of rotatable bonds is 7. The van der Waals surface area contributed by atoms with Crippen LogP contribution in [0.25, 0.3) is 0 Å². The van der Waals surface area contributed by atoms with Gasteiger partial charge in [0.15, 0.2) is 18.1 Å². The molecule has 1 aliphatic heterocycles. The number of amides is 1. The van der Waals surface area contributed by atoms with E-state index in [2.05, 4.69) is 15.5 Å². The van der Waals surface area contributed by atoms with Gasteiger partial charge in [0, 0.05) is 11.8 Å². The number of ether oxygens (including phenoxy) is 3. The Hall–Kier alpha value is -3.20. The molecule has 1 aliphatic rings. The molecular weight excluding hydrogens is 382 g/mol. The molecule has 144 valence electrons. The average molecular weight is 399 g/mol. The number of aryl methyl sites for hydroxylation is 1. The molecule has 1 amide bonds. The van der Waals surface area contributed by atoms with E-state index in [0.29, 0.717) is 28.3 Å². The molecule has 0 aliphatic carbocycles. The summed E-state index contributed by atoms with van der Waals surface area (Å²) in [4.78, 5) is 12.1. The number of fused-ring (bicyclic) bond motifs is 1. The Balaban J connectivity index is 1.25. The van der Waals surface area contributed by atoms with E-state index >= 15 is 0 Å². The van der Waals surface area contributed by atoms with Crippen molar-refractivity contribution in [2.75, 3.05) is 17.9 Å². The quantitative estimate of drug-likeness (QED) is 0.604. The molecule has 0 bridgehead atoms. The van der Waals surface area contributed by atoms with Crippen LogP contribution in [-0.4, -0.2) is 28.7 Å². The number of nitrogens with zero attached hydrogens (tertiary/aromatic N) is 2. The van der Waals surface area contributed by atoms with Crippen LogP contribution in [0, 0.1) is 6.92 Å². The van der Waals surface area contributed by atoms with Crippen LogP contribution in [0.5, 0.6) is 17.2 Å². The van der Waals surface area contributed by atoms with Gasteiger partial charge in [0.05, 0.1) is 5.75 Å². The van der Waals surface area contributed by atoms with Crippen LogP contribution in [0.1, 0.15) is 11.5 Å². The van der Waals surface area contributed by atoms with E-state index in [1.807, 2.05) is 31.2 Å². The highest BCUT2D eigenvalue weighted by atomic mass is 32.2. The van der Waals surface area contributed by atoms with Gasteiger partial charge in [0.2, 0.25) is 12.7 Å². The molecule has 0 unspecified atom stereocenters. The van der Waals surface area contributed by atoms with Crippen molar-refractivity contribution in [1.82, 2.24) is 10.2 Å². The highest BCUT2D eigenvalue weighted by Crippen LogP contribution is 2.34. The maximum atomic E-state index is 12.1. The largest absolute Gasteiger partial charge is 0.484 e. The molecule has 0 radical (unpaired) electrons. The fraction of sp³-hybridized carbons (Fsp3) is 0.211. The predicted octanol–water partition coefficient (Wildman–Crippen LogP) is 3.42. The maximum absolute atomic E-state index is 12.1. The number of carbonyl (C=O) groups is 1. The highest BCUT2D eigenvalue weighted by molar-refractivity contribution is 7.99. The topological polar surface area (TPSA) is 95.7 Å². The zero-order valence-electron chi connectivity index (χ0n) is 15.0. The fourth-order valence-electron chi connectivity index (χ4n) is 2.50. The third-order valence-corrected chi connectivity index (χ3v) is 4.60. The van der Waals surface area contributed by atoms with Crippen molar-refractivity contribution in [1.29, 1.82) is 0 Å². The molecule has 0 atom stereocenters. The molecule has 28 heavy (non-hydrogen) atoms. The normalized spacial score (nSPS) is 12.0. The first kappa shape index (κ1) is 18.2. The molecule has 0 saturated carbocycles. The first-order valence-corrected chi connectivity index (χ1v) is 9.48. The van der Waals surface area contributed by atoms with Gasteiger partial charge in [-0.25, -0.2) is 0 Å². The monoisotopic (exact) mass is 399 g/mol. The summed E-state index contributed by atoms with van der Waals surface area (Å²) in [5, 5.41) is 11.0. The molecule has 2 heterocycles. The average Bonchev–Trinajstić information content (AvgIpc) is 3.33. The van der Waals surface area contributed by atoms with E-state index in [9.17, 15) is 4.79 Å². The molecule has 8 nitrogen and oxygen atoms in total. The first-order valence-electron chi connectivity index (χ1n) is 8.50. The lowest BCUT2D eigenvalue weighted by Gasteiger charge is -2.05. The van der Waals surface area contributed by atoms with Crippen molar-refractivity contribution in [2.45, 2.75) is 18.8 Å². The van der Waals surface area contributed by atoms with Crippen molar-refractivity contribution in [2.24, 2.45) is 0 Å². The highest BCUT2D eigenvalue weighted by Gasteiger charge is 2.15. The van der Waals surface area contributed by atoms with Crippen LogP contribution in [-0.2, 0) is 11.4 Å².